The van der Waals surface area contributed by atoms with Crippen LogP contribution in [-0.2, 0) is 19.1 Å². The number of nitrogens with zero attached hydrogens (tertiary/aromatic N) is 4. The highest BCUT2D eigenvalue weighted by Gasteiger charge is 2.24. The molecule has 2 rings (SSSR count). The molecule has 132 valence electrons. The van der Waals surface area contributed by atoms with Crippen LogP contribution in [0.4, 0.5) is 0 Å². The van der Waals surface area contributed by atoms with Crippen molar-refractivity contribution in [2.45, 2.75) is 32.8 Å². The van der Waals surface area contributed by atoms with E-state index in [0.29, 0.717) is 5.96 Å². The molecule has 2 aromatic rings. The fourth-order valence-electron chi connectivity index (χ4n) is 2.20. The average Bonchev–Trinajstić information content (AvgIpc) is 3.14. The second-order valence-electron chi connectivity index (χ2n) is 5.91. The molecule has 2 aromatic heterocycles. The number of aryl methyl sites for hydroxylation is 2. The van der Waals surface area contributed by atoms with Gasteiger partial charge in [0.2, 0.25) is 0 Å². The van der Waals surface area contributed by atoms with E-state index in [9.17, 15) is 5.11 Å². The van der Waals surface area contributed by atoms with Gasteiger partial charge < -0.3 is 15.7 Å². The van der Waals surface area contributed by atoms with Crippen molar-refractivity contribution in [3.8, 4) is 0 Å². The molecular weight excluding hydrogens is 324 g/mol. The van der Waals surface area contributed by atoms with Crippen LogP contribution in [0, 0.1) is 6.92 Å². The number of rotatable bonds is 7. The third-order valence-corrected chi connectivity index (χ3v) is 4.38. The predicted octanol–water partition coefficient (Wildman–Crippen LogP) is 1.19. The Morgan fingerprint density at radius 2 is 2.25 bits per heavy atom. The van der Waals surface area contributed by atoms with Gasteiger partial charge in [-0.3, -0.25) is 4.68 Å². The van der Waals surface area contributed by atoms with Crippen molar-refractivity contribution in [1.82, 2.24) is 25.4 Å². The monoisotopic (exact) mass is 350 g/mol. The van der Waals surface area contributed by atoms with Crippen LogP contribution in [0.25, 0.3) is 0 Å². The smallest absolute Gasteiger partial charge is 0.191 e. The normalized spacial score (nSPS) is 14.5. The summed E-state index contributed by atoms with van der Waals surface area (Å²) in [6, 6.07) is 0. The fraction of sp³-hybridized carbons (Fsp3) is 0.562. The molecule has 0 fully saturated rings. The van der Waals surface area contributed by atoms with Gasteiger partial charge in [-0.15, -0.1) is 11.3 Å². The summed E-state index contributed by atoms with van der Waals surface area (Å²) in [4.78, 5) is 8.95. The molecule has 0 aliphatic rings. The first kappa shape index (κ1) is 18.4. The van der Waals surface area contributed by atoms with E-state index in [4.69, 9.17) is 0 Å². The van der Waals surface area contributed by atoms with Crippen LogP contribution < -0.4 is 10.6 Å². The van der Waals surface area contributed by atoms with E-state index in [2.05, 4.69) is 31.1 Å². The van der Waals surface area contributed by atoms with Gasteiger partial charge in [0, 0.05) is 43.7 Å². The van der Waals surface area contributed by atoms with Crippen LogP contribution in [0.3, 0.4) is 0 Å². The molecule has 8 heteroatoms. The van der Waals surface area contributed by atoms with Crippen molar-refractivity contribution >= 4 is 17.3 Å². The number of nitrogens with one attached hydrogen (secondary N) is 2. The molecule has 1 unspecified atom stereocenters. The fourth-order valence-corrected chi connectivity index (χ4v) is 2.84. The molecule has 2 heterocycles. The molecule has 0 amide bonds. The van der Waals surface area contributed by atoms with Crippen molar-refractivity contribution in [1.29, 1.82) is 0 Å². The highest BCUT2D eigenvalue weighted by molar-refractivity contribution is 7.09. The van der Waals surface area contributed by atoms with Gasteiger partial charge in [-0.25, -0.2) is 9.98 Å². The van der Waals surface area contributed by atoms with Crippen molar-refractivity contribution in [2.24, 2.45) is 12.0 Å². The lowest BCUT2D eigenvalue weighted by molar-refractivity contribution is 0.0672. The minimum atomic E-state index is -1.05. The summed E-state index contributed by atoms with van der Waals surface area (Å²) in [6.45, 7) is 7.52. The molecule has 0 aliphatic carbocycles. The number of hydrogen-bond donors (Lipinski definition) is 3. The molecule has 1 atom stereocenters. The minimum Gasteiger partial charge on any atom is -0.383 e. The van der Waals surface area contributed by atoms with Crippen LogP contribution in [0.5, 0.6) is 0 Å². The van der Waals surface area contributed by atoms with Gasteiger partial charge >= 0.3 is 0 Å². The first-order chi connectivity index (χ1) is 11.4. The van der Waals surface area contributed by atoms with Gasteiger partial charge in [-0.2, -0.15) is 5.10 Å². The van der Waals surface area contributed by atoms with Crippen molar-refractivity contribution in [2.75, 3.05) is 19.6 Å². The molecule has 0 bridgehead atoms. The Bertz CT molecular complexity index is 676. The second-order valence-corrected chi connectivity index (χ2v) is 6.97. The number of thiazole rings is 1. The van der Waals surface area contributed by atoms with Crippen LogP contribution >= 0.6 is 11.3 Å². The van der Waals surface area contributed by atoms with Crippen LogP contribution in [0.2, 0.25) is 0 Å². The van der Waals surface area contributed by atoms with Gasteiger partial charge in [0.05, 0.1) is 23.4 Å². The first-order valence-electron chi connectivity index (χ1n) is 8.05. The minimum absolute atomic E-state index is 0.254. The Kier molecular flexibility index (Phi) is 6.33. The van der Waals surface area contributed by atoms with E-state index in [1.54, 1.807) is 35.3 Å². The largest absolute Gasteiger partial charge is 0.383 e. The Morgan fingerprint density at radius 1 is 1.46 bits per heavy atom. The first-order valence-corrected chi connectivity index (χ1v) is 8.93. The molecule has 0 spiro atoms. The zero-order chi connectivity index (χ0) is 17.6. The topological polar surface area (TPSA) is 87.4 Å². The van der Waals surface area contributed by atoms with Gasteiger partial charge in [0.25, 0.3) is 0 Å². The van der Waals surface area contributed by atoms with Gasteiger partial charge in [0.1, 0.15) is 5.60 Å². The van der Waals surface area contributed by atoms with Crippen LogP contribution in [-0.4, -0.2) is 45.5 Å². The Labute approximate surface area is 146 Å². The summed E-state index contributed by atoms with van der Waals surface area (Å²) in [5.74, 6) is 0.689. The molecule has 0 aliphatic heterocycles. The number of aliphatic hydroxyl groups is 1. The second kappa shape index (κ2) is 8.25. The van der Waals surface area contributed by atoms with Gasteiger partial charge in [0.15, 0.2) is 5.96 Å². The van der Waals surface area contributed by atoms with E-state index in [1.807, 2.05) is 20.9 Å². The van der Waals surface area contributed by atoms with E-state index < -0.39 is 5.60 Å². The van der Waals surface area contributed by atoms with Crippen LogP contribution in [0.1, 0.15) is 30.1 Å². The molecule has 0 saturated carbocycles. The maximum absolute atomic E-state index is 10.6. The zero-order valence-corrected chi connectivity index (χ0v) is 15.5. The summed E-state index contributed by atoms with van der Waals surface area (Å²) in [5, 5.41) is 24.3. The summed E-state index contributed by atoms with van der Waals surface area (Å²) < 4.78 is 1.67. The van der Waals surface area contributed by atoms with Crippen molar-refractivity contribution in [3.05, 3.63) is 34.0 Å². The molecule has 3 N–H and O–H groups in total. The standard InChI is InChI=1S/C16H26N6OS/c1-5-17-15(18-7-6-14-10-24-12(2)21-14)19-11-16(3,23)13-8-20-22(4)9-13/h8-10,23H,5-7,11H2,1-4H3,(H2,17,18,19). The van der Waals surface area contributed by atoms with Gasteiger partial charge in [-0.1, -0.05) is 0 Å². The molecule has 0 aromatic carbocycles. The third-order valence-electron chi connectivity index (χ3n) is 3.56. The van der Waals surface area contributed by atoms with E-state index in [0.717, 1.165) is 35.8 Å². The highest BCUT2D eigenvalue weighted by atomic mass is 32.1. The average molecular weight is 350 g/mol. The quantitative estimate of drug-likeness (QED) is 0.516. The number of aromatic nitrogens is 3. The summed E-state index contributed by atoms with van der Waals surface area (Å²) in [5.41, 5.74) is 0.786. The maximum atomic E-state index is 10.6. The summed E-state index contributed by atoms with van der Waals surface area (Å²) in [7, 11) is 1.83. The van der Waals surface area contributed by atoms with Crippen molar-refractivity contribution in [3.63, 3.8) is 0 Å². The number of guanidine groups is 1. The Hall–Kier alpha value is -1.93. The molecule has 24 heavy (non-hydrogen) atoms. The Morgan fingerprint density at radius 3 is 2.83 bits per heavy atom. The summed E-state index contributed by atoms with van der Waals surface area (Å²) in [6.07, 6.45) is 4.31. The van der Waals surface area contributed by atoms with Crippen LogP contribution in [0.15, 0.2) is 22.8 Å². The van der Waals surface area contributed by atoms with Gasteiger partial charge in [-0.05, 0) is 20.8 Å². The third kappa shape index (κ3) is 5.31. The van der Waals surface area contributed by atoms with Crippen molar-refractivity contribution < 1.29 is 5.11 Å². The zero-order valence-electron chi connectivity index (χ0n) is 14.7. The van der Waals surface area contributed by atoms with E-state index in [1.165, 1.54) is 0 Å². The number of hydrogen-bond acceptors (Lipinski definition) is 5. The summed E-state index contributed by atoms with van der Waals surface area (Å²) >= 11 is 1.66. The molecule has 0 saturated heterocycles. The molecule has 0 radical (unpaired) electrons. The molecule has 7 nitrogen and oxygen atoms in total. The highest BCUT2D eigenvalue weighted by Crippen LogP contribution is 2.19. The van der Waals surface area contributed by atoms with E-state index >= 15 is 0 Å². The Balaban J connectivity index is 1.91. The molecular formula is C16H26N6OS. The number of aliphatic imine (C=N–C) groups is 1. The predicted molar refractivity (Wildman–Crippen MR) is 97.3 cm³/mol. The lowest BCUT2D eigenvalue weighted by atomic mass is 10.0. The lowest BCUT2D eigenvalue weighted by Crippen LogP contribution is -2.39. The lowest BCUT2D eigenvalue weighted by Gasteiger charge is -2.20. The van der Waals surface area contributed by atoms with E-state index in [-0.39, 0.29) is 6.54 Å². The maximum Gasteiger partial charge on any atom is 0.191 e. The SMILES string of the molecule is CCNC(=NCC(C)(O)c1cnn(C)c1)NCCc1csc(C)n1.